The first-order chi connectivity index (χ1) is 9.88. The summed E-state index contributed by atoms with van der Waals surface area (Å²) in [5, 5.41) is 14.0. The van der Waals surface area contributed by atoms with E-state index in [-0.39, 0.29) is 11.6 Å². The average Bonchev–Trinajstić information content (AvgIpc) is 2.37. The highest BCUT2D eigenvalue weighted by Crippen LogP contribution is 2.24. The van der Waals surface area contributed by atoms with E-state index in [1.54, 1.807) is 31.2 Å². The SMILES string of the molecule is Cc1cc(NC(=O)c2ccc(Cl)cc2Br)ccc1[N+](=O)[O-]. The van der Waals surface area contributed by atoms with Gasteiger partial charge in [-0.3, -0.25) is 14.9 Å². The van der Waals surface area contributed by atoms with Crippen LogP contribution in [0, 0.1) is 17.0 Å². The van der Waals surface area contributed by atoms with Gasteiger partial charge in [0.05, 0.1) is 10.5 Å². The number of halogens is 2. The third kappa shape index (κ3) is 3.59. The molecule has 7 heteroatoms. The molecule has 108 valence electrons. The number of benzene rings is 2. The average molecular weight is 370 g/mol. The van der Waals surface area contributed by atoms with Gasteiger partial charge in [0.1, 0.15) is 0 Å². The topological polar surface area (TPSA) is 72.2 Å². The molecule has 2 rings (SSSR count). The fourth-order valence-electron chi connectivity index (χ4n) is 1.81. The molecule has 1 N–H and O–H groups in total. The van der Waals surface area contributed by atoms with Gasteiger partial charge < -0.3 is 5.32 Å². The highest BCUT2D eigenvalue weighted by atomic mass is 79.9. The smallest absolute Gasteiger partial charge is 0.272 e. The van der Waals surface area contributed by atoms with Gasteiger partial charge in [-0.15, -0.1) is 0 Å². The summed E-state index contributed by atoms with van der Waals surface area (Å²) in [6, 6.07) is 9.24. The molecule has 0 aromatic heterocycles. The van der Waals surface area contributed by atoms with Gasteiger partial charge in [0.2, 0.25) is 0 Å². The third-order valence-corrected chi connectivity index (χ3v) is 3.72. The first kappa shape index (κ1) is 15.5. The molecule has 0 bridgehead atoms. The Morgan fingerprint density at radius 1 is 1.29 bits per heavy atom. The number of hydrogen-bond donors (Lipinski definition) is 1. The van der Waals surface area contributed by atoms with Gasteiger partial charge in [-0.1, -0.05) is 11.6 Å². The standard InChI is InChI=1S/C14H10BrClN2O3/c1-8-6-10(3-5-13(8)18(20)21)17-14(19)11-4-2-9(16)7-12(11)15/h2-7H,1H3,(H,17,19). The van der Waals surface area contributed by atoms with E-state index in [9.17, 15) is 14.9 Å². The molecule has 5 nitrogen and oxygen atoms in total. The molecule has 2 aromatic rings. The second-order valence-electron chi connectivity index (χ2n) is 4.34. The van der Waals surface area contributed by atoms with Gasteiger partial charge in [0.15, 0.2) is 0 Å². The predicted molar refractivity (Wildman–Crippen MR) is 84.9 cm³/mol. The van der Waals surface area contributed by atoms with Crippen molar-refractivity contribution in [3.63, 3.8) is 0 Å². The van der Waals surface area contributed by atoms with Crippen LogP contribution in [0.15, 0.2) is 40.9 Å². The zero-order valence-corrected chi connectivity index (χ0v) is 13.2. The number of aryl methyl sites for hydroxylation is 1. The molecule has 0 unspecified atom stereocenters. The molecular formula is C14H10BrClN2O3. The van der Waals surface area contributed by atoms with Crippen molar-refractivity contribution >= 4 is 44.8 Å². The Morgan fingerprint density at radius 2 is 2.00 bits per heavy atom. The first-order valence-corrected chi connectivity index (χ1v) is 7.07. The molecule has 0 aliphatic carbocycles. The summed E-state index contributed by atoms with van der Waals surface area (Å²) in [5.74, 6) is -0.327. The number of nitro groups is 1. The minimum Gasteiger partial charge on any atom is -0.322 e. The van der Waals surface area contributed by atoms with E-state index in [1.807, 2.05) is 0 Å². The molecule has 1 amide bonds. The summed E-state index contributed by atoms with van der Waals surface area (Å²) >= 11 is 9.10. The van der Waals surface area contributed by atoms with E-state index < -0.39 is 4.92 Å². The van der Waals surface area contributed by atoms with Gasteiger partial charge in [0, 0.05) is 26.8 Å². The quantitative estimate of drug-likeness (QED) is 0.636. The van der Waals surface area contributed by atoms with Crippen LogP contribution >= 0.6 is 27.5 Å². The van der Waals surface area contributed by atoms with Crippen LogP contribution in [0.3, 0.4) is 0 Å². The van der Waals surface area contributed by atoms with E-state index in [1.165, 1.54) is 12.1 Å². The lowest BCUT2D eigenvalue weighted by Crippen LogP contribution is -2.12. The Bertz CT molecular complexity index is 734. The zero-order chi connectivity index (χ0) is 15.6. The van der Waals surface area contributed by atoms with Crippen LogP contribution < -0.4 is 5.32 Å². The normalized spacial score (nSPS) is 10.2. The number of carbonyl (C=O) groups excluding carboxylic acids is 1. The number of amides is 1. The number of anilines is 1. The third-order valence-electron chi connectivity index (χ3n) is 2.83. The number of nitrogens with one attached hydrogen (secondary N) is 1. The molecule has 0 radical (unpaired) electrons. The van der Waals surface area contributed by atoms with Gasteiger partial charge in [-0.05, 0) is 53.2 Å². The summed E-state index contributed by atoms with van der Waals surface area (Å²) in [7, 11) is 0. The van der Waals surface area contributed by atoms with Crippen molar-refractivity contribution < 1.29 is 9.72 Å². The van der Waals surface area contributed by atoms with E-state index in [4.69, 9.17) is 11.6 Å². The fraction of sp³-hybridized carbons (Fsp3) is 0.0714. The lowest BCUT2D eigenvalue weighted by atomic mass is 10.1. The highest BCUT2D eigenvalue weighted by molar-refractivity contribution is 9.10. The van der Waals surface area contributed by atoms with Crippen molar-refractivity contribution in [1.82, 2.24) is 0 Å². The summed E-state index contributed by atoms with van der Waals surface area (Å²) in [4.78, 5) is 22.4. The minimum absolute atomic E-state index is 0.0145. The summed E-state index contributed by atoms with van der Waals surface area (Å²) in [6.07, 6.45) is 0. The van der Waals surface area contributed by atoms with Crippen LogP contribution in [0.2, 0.25) is 5.02 Å². The predicted octanol–water partition coefficient (Wildman–Crippen LogP) is 4.57. The van der Waals surface area contributed by atoms with Crippen molar-refractivity contribution in [3.8, 4) is 0 Å². The minimum atomic E-state index is -0.462. The molecule has 0 saturated carbocycles. The molecule has 0 atom stereocenters. The van der Waals surface area contributed by atoms with Crippen molar-refractivity contribution in [3.05, 3.63) is 67.1 Å². The Morgan fingerprint density at radius 3 is 2.57 bits per heavy atom. The fourth-order valence-corrected chi connectivity index (χ4v) is 2.67. The van der Waals surface area contributed by atoms with Crippen LogP contribution in [0.1, 0.15) is 15.9 Å². The number of hydrogen-bond acceptors (Lipinski definition) is 3. The van der Waals surface area contributed by atoms with E-state index in [2.05, 4.69) is 21.2 Å². The molecule has 0 saturated heterocycles. The zero-order valence-electron chi connectivity index (χ0n) is 10.9. The van der Waals surface area contributed by atoms with Crippen LogP contribution in [0.25, 0.3) is 0 Å². The second kappa shape index (κ2) is 6.24. The van der Waals surface area contributed by atoms with E-state index in [0.29, 0.717) is 26.3 Å². The van der Waals surface area contributed by atoms with Crippen molar-refractivity contribution in [2.75, 3.05) is 5.32 Å². The molecule has 0 aliphatic heterocycles. The van der Waals surface area contributed by atoms with Crippen molar-refractivity contribution in [2.45, 2.75) is 6.92 Å². The van der Waals surface area contributed by atoms with Crippen LogP contribution in [-0.4, -0.2) is 10.8 Å². The lowest BCUT2D eigenvalue weighted by molar-refractivity contribution is -0.385. The number of carbonyl (C=O) groups is 1. The van der Waals surface area contributed by atoms with Crippen LogP contribution in [-0.2, 0) is 0 Å². The maximum atomic E-state index is 12.2. The molecule has 0 spiro atoms. The number of rotatable bonds is 3. The Labute approximate surface area is 134 Å². The van der Waals surface area contributed by atoms with Crippen molar-refractivity contribution in [1.29, 1.82) is 0 Å². The van der Waals surface area contributed by atoms with Gasteiger partial charge in [-0.25, -0.2) is 0 Å². The molecular weight excluding hydrogens is 360 g/mol. The summed E-state index contributed by atoms with van der Waals surface area (Å²) in [6.45, 7) is 1.62. The highest BCUT2D eigenvalue weighted by Gasteiger charge is 2.14. The van der Waals surface area contributed by atoms with Gasteiger partial charge in [-0.2, -0.15) is 0 Å². The van der Waals surface area contributed by atoms with E-state index in [0.717, 1.165) is 0 Å². The van der Waals surface area contributed by atoms with Crippen molar-refractivity contribution in [2.24, 2.45) is 0 Å². The molecule has 0 heterocycles. The molecule has 21 heavy (non-hydrogen) atoms. The van der Waals surface area contributed by atoms with E-state index >= 15 is 0 Å². The monoisotopic (exact) mass is 368 g/mol. The van der Waals surface area contributed by atoms with Crippen LogP contribution in [0.5, 0.6) is 0 Å². The molecule has 0 aliphatic rings. The first-order valence-electron chi connectivity index (χ1n) is 5.90. The lowest BCUT2D eigenvalue weighted by Gasteiger charge is -2.08. The Hall–Kier alpha value is -1.92. The Balaban J connectivity index is 2.23. The largest absolute Gasteiger partial charge is 0.322 e. The molecule has 0 fully saturated rings. The Kier molecular flexibility index (Phi) is 4.59. The maximum absolute atomic E-state index is 12.2. The number of nitro benzene ring substituents is 1. The number of nitrogens with zero attached hydrogens (tertiary/aromatic N) is 1. The molecule has 2 aromatic carbocycles. The summed E-state index contributed by atoms with van der Waals surface area (Å²) in [5.41, 5.74) is 1.41. The van der Waals surface area contributed by atoms with Gasteiger partial charge in [0.25, 0.3) is 11.6 Å². The van der Waals surface area contributed by atoms with Gasteiger partial charge >= 0.3 is 0 Å². The van der Waals surface area contributed by atoms with Crippen LogP contribution in [0.4, 0.5) is 11.4 Å². The second-order valence-corrected chi connectivity index (χ2v) is 5.63. The maximum Gasteiger partial charge on any atom is 0.272 e. The summed E-state index contributed by atoms with van der Waals surface area (Å²) < 4.78 is 0.575.